The summed E-state index contributed by atoms with van der Waals surface area (Å²) in [6.45, 7) is 0. The van der Waals surface area contributed by atoms with Gasteiger partial charge in [0.25, 0.3) is 0 Å². The lowest BCUT2D eigenvalue weighted by atomic mass is 9.95. The van der Waals surface area contributed by atoms with E-state index in [0.717, 1.165) is 22.9 Å². The molecular weight excluding hydrogens is 332 g/mol. The number of nitrogens with one attached hydrogen (secondary N) is 1. The molecule has 0 radical (unpaired) electrons. The number of amides is 1. The van der Waals surface area contributed by atoms with E-state index < -0.39 is 0 Å². The maximum absolute atomic E-state index is 12.6. The topological polar surface area (TPSA) is 51.2 Å². The summed E-state index contributed by atoms with van der Waals surface area (Å²) in [7, 11) is 1.56. The first-order chi connectivity index (χ1) is 10.1. The highest BCUT2D eigenvalue weighted by molar-refractivity contribution is 9.10. The van der Waals surface area contributed by atoms with Gasteiger partial charge in [-0.2, -0.15) is 0 Å². The second-order valence-corrected chi connectivity index (χ2v) is 6.05. The van der Waals surface area contributed by atoms with E-state index >= 15 is 0 Å². The van der Waals surface area contributed by atoms with Gasteiger partial charge in [0.1, 0.15) is 0 Å². The lowest BCUT2D eigenvalue weighted by Gasteiger charge is -2.16. The third-order valence-electron chi connectivity index (χ3n) is 3.78. The summed E-state index contributed by atoms with van der Waals surface area (Å²) >= 11 is 3.42. The molecule has 0 atom stereocenters. The molecule has 0 bridgehead atoms. The fraction of sp³-hybridized carbons (Fsp3) is 0.250. The van der Waals surface area contributed by atoms with Gasteiger partial charge in [0, 0.05) is 10.5 Å². The molecule has 0 aliphatic heterocycles. The van der Waals surface area contributed by atoms with Gasteiger partial charge in [-0.3, -0.25) is 4.79 Å². The Morgan fingerprint density at radius 1 is 1.24 bits per heavy atom. The minimum absolute atomic E-state index is 0.0248. The van der Waals surface area contributed by atoms with E-state index in [4.69, 9.17) is 4.74 Å². The van der Waals surface area contributed by atoms with Crippen LogP contribution in [0.5, 0.6) is 5.88 Å². The molecule has 1 aromatic heterocycles. The molecule has 1 fully saturated rings. The lowest BCUT2D eigenvalue weighted by Crippen LogP contribution is -2.27. The van der Waals surface area contributed by atoms with E-state index in [9.17, 15) is 4.79 Å². The predicted octanol–water partition coefficient (Wildman–Crippen LogP) is 3.52. The van der Waals surface area contributed by atoms with E-state index in [1.165, 1.54) is 0 Å². The highest BCUT2D eigenvalue weighted by atomic mass is 79.9. The van der Waals surface area contributed by atoms with E-state index in [1.807, 2.05) is 24.3 Å². The Kier molecular flexibility index (Phi) is 3.68. The highest BCUT2D eigenvalue weighted by Gasteiger charge is 2.51. The molecule has 0 saturated heterocycles. The van der Waals surface area contributed by atoms with E-state index in [1.54, 1.807) is 25.4 Å². The molecule has 1 amide bonds. The molecule has 1 aliphatic rings. The van der Waals surface area contributed by atoms with Crippen LogP contribution in [-0.4, -0.2) is 18.0 Å². The van der Waals surface area contributed by atoms with Gasteiger partial charge in [-0.25, -0.2) is 4.98 Å². The van der Waals surface area contributed by atoms with Crippen LogP contribution >= 0.6 is 15.9 Å². The van der Waals surface area contributed by atoms with E-state index in [-0.39, 0.29) is 11.3 Å². The van der Waals surface area contributed by atoms with Gasteiger partial charge < -0.3 is 10.1 Å². The van der Waals surface area contributed by atoms with Crippen molar-refractivity contribution >= 4 is 27.5 Å². The number of carbonyl (C=O) groups is 1. The van der Waals surface area contributed by atoms with Crippen molar-refractivity contribution in [1.82, 2.24) is 4.98 Å². The Morgan fingerprint density at radius 3 is 2.48 bits per heavy atom. The van der Waals surface area contributed by atoms with Crippen molar-refractivity contribution < 1.29 is 9.53 Å². The summed E-state index contributed by atoms with van der Waals surface area (Å²) in [5.74, 6) is 0.554. The van der Waals surface area contributed by atoms with Crippen molar-refractivity contribution in [2.24, 2.45) is 0 Å². The quantitative estimate of drug-likeness (QED) is 0.921. The molecule has 1 N–H and O–H groups in total. The average molecular weight is 347 g/mol. The number of rotatable bonds is 4. The van der Waals surface area contributed by atoms with Crippen LogP contribution in [0, 0.1) is 0 Å². The summed E-state index contributed by atoms with van der Waals surface area (Å²) in [6, 6.07) is 11.5. The van der Waals surface area contributed by atoms with Crippen LogP contribution in [0.3, 0.4) is 0 Å². The number of aromatic nitrogens is 1. The van der Waals surface area contributed by atoms with Crippen LogP contribution in [-0.2, 0) is 10.2 Å². The SMILES string of the molecule is COc1ccc(NC(=O)C2(c3ccc(Br)cc3)CC2)cn1. The summed E-state index contributed by atoms with van der Waals surface area (Å²) in [5.41, 5.74) is 1.36. The molecule has 3 rings (SSSR count). The Morgan fingerprint density at radius 2 is 1.95 bits per heavy atom. The highest BCUT2D eigenvalue weighted by Crippen LogP contribution is 2.49. The van der Waals surface area contributed by atoms with Crippen LogP contribution < -0.4 is 10.1 Å². The molecule has 4 nitrogen and oxygen atoms in total. The molecule has 5 heteroatoms. The minimum Gasteiger partial charge on any atom is -0.481 e. The van der Waals surface area contributed by atoms with Crippen molar-refractivity contribution in [3.8, 4) is 5.88 Å². The number of anilines is 1. The van der Waals surface area contributed by atoms with Gasteiger partial charge in [0.2, 0.25) is 11.8 Å². The van der Waals surface area contributed by atoms with Crippen molar-refractivity contribution in [1.29, 1.82) is 0 Å². The Labute approximate surface area is 131 Å². The predicted molar refractivity (Wildman–Crippen MR) is 84.5 cm³/mol. The maximum atomic E-state index is 12.6. The molecular formula is C16H15BrN2O2. The number of methoxy groups -OCH3 is 1. The zero-order valence-electron chi connectivity index (χ0n) is 11.6. The molecule has 1 aromatic carbocycles. The van der Waals surface area contributed by atoms with Crippen LogP contribution in [0.1, 0.15) is 18.4 Å². The fourth-order valence-electron chi connectivity index (χ4n) is 2.37. The summed E-state index contributed by atoms with van der Waals surface area (Å²) in [4.78, 5) is 16.6. The molecule has 1 heterocycles. The van der Waals surface area contributed by atoms with Gasteiger partial charge in [0.05, 0.1) is 24.4 Å². The van der Waals surface area contributed by atoms with Crippen LogP contribution in [0.25, 0.3) is 0 Å². The fourth-order valence-corrected chi connectivity index (χ4v) is 2.63. The number of hydrogen-bond acceptors (Lipinski definition) is 3. The molecule has 1 saturated carbocycles. The third kappa shape index (κ3) is 2.78. The summed E-state index contributed by atoms with van der Waals surface area (Å²) in [5, 5.41) is 2.94. The first kappa shape index (κ1) is 14.1. The Bertz CT molecular complexity index is 649. The largest absolute Gasteiger partial charge is 0.481 e. The van der Waals surface area contributed by atoms with Crippen molar-refractivity contribution in [2.45, 2.75) is 18.3 Å². The zero-order chi connectivity index (χ0) is 14.9. The Balaban J connectivity index is 1.76. The molecule has 0 spiro atoms. The van der Waals surface area contributed by atoms with Gasteiger partial charge in [0.15, 0.2) is 0 Å². The number of nitrogens with zero attached hydrogens (tertiary/aromatic N) is 1. The van der Waals surface area contributed by atoms with Crippen molar-refractivity contribution in [2.75, 3.05) is 12.4 Å². The van der Waals surface area contributed by atoms with Gasteiger partial charge in [-0.1, -0.05) is 28.1 Å². The summed E-state index contributed by atoms with van der Waals surface area (Å²) < 4.78 is 6.02. The molecule has 108 valence electrons. The smallest absolute Gasteiger partial charge is 0.235 e. The second-order valence-electron chi connectivity index (χ2n) is 5.13. The number of benzene rings is 1. The lowest BCUT2D eigenvalue weighted by molar-refractivity contribution is -0.118. The zero-order valence-corrected chi connectivity index (χ0v) is 13.2. The van der Waals surface area contributed by atoms with Crippen molar-refractivity contribution in [3.05, 3.63) is 52.6 Å². The standard InChI is InChI=1S/C16H15BrN2O2/c1-21-14-7-6-13(10-18-14)19-15(20)16(8-9-16)11-2-4-12(17)5-3-11/h2-7,10H,8-9H2,1H3,(H,19,20). The molecule has 21 heavy (non-hydrogen) atoms. The van der Waals surface area contributed by atoms with Crippen molar-refractivity contribution in [3.63, 3.8) is 0 Å². The number of halogens is 1. The number of hydrogen-bond donors (Lipinski definition) is 1. The molecule has 1 aliphatic carbocycles. The first-order valence-electron chi connectivity index (χ1n) is 6.72. The van der Waals surface area contributed by atoms with Gasteiger partial charge >= 0.3 is 0 Å². The van der Waals surface area contributed by atoms with E-state index in [0.29, 0.717) is 11.6 Å². The second kappa shape index (κ2) is 5.48. The first-order valence-corrected chi connectivity index (χ1v) is 7.51. The third-order valence-corrected chi connectivity index (χ3v) is 4.31. The molecule has 2 aromatic rings. The minimum atomic E-state index is -0.388. The average Bonchev–Trinajstić information content (AvgIpc) is 3.30. The molecule has 0 unspecified atom stereocenters. The van der Waals surface area contributed by atoms with Gasteiger partial charge in [-0.15, -0.1) is 0 Å². The van der Waals surface area contributed by atoms with Gasteiger partial charge in [-0.05, 0) is 36.6 Å². The van der Waals surface area contributed by atoms with Crippen LogP contribution in [0.4, 0.5) is 5.69 Å². The number of carbonyl (C=O) groups excluding carboxylic acids is 1. The maximum Gasteiger partial charge on any atom is 0.235 e. The Hall–Kier alpha value is -1.88. The van der Waals surface area contributed by atoms with Crippen LogP contribution in [0.15, 0.2) is 47.1 Å². The van der Waals surface area contributed by atoms with Crippen LogP contribution in [0.2, 0.25) is 0 Å². The van der Waals surface area contributed by atoms with E-state index in [2.05, 4.69) is 26.2 Å². The monoisotopic (exact) mass is 346 g/mol. The summed E-state index contributed by atoms with van der Waals surface area (Å²) in [6.07, 6.45) is 3.36. The number of pyridine rings is 1. The number of ether oxygens (including phenoxy) is 1. The normalized spacial score (nSPS) is 15.3.